The van der Waals surface area contributed by atoms with Crippen molar-refractivity contribution in [3.63, 3.8) is 0 Å². The van der Waals surface area contributed by atoms with Gasteiger partial charge >= 0.3 is 5.97 Å². The van der Waals surface area contributed by atoms with E-state index < -0.39 is 5.97 Å². The van der Waals surface area contributed by atoms with Crippen LogP contribution in [0.15, 0.2) is 58.8 Å². The number of azo groups is 1. The van der Waals surface area contributed by atoms with Gasteiger partial charge in [0.1, 0.15) is 13.8 Å². The van der Waals surface area contributed by atoms with Crippen LogP contribution in [0.25, 0.3) is 0 Å². The van der Waals surface area contributed by atoms with Crippen molar-refractivity contribution in [2.75, 3.05) is 7.05 Å². The highest BCUT2D eigenvalue weighted by molar-refractivity contribution is 5.87. The van der Waals surface area contributed by atoms with Crippen molar-refractivity contribution in [3.8, 4) is 0 Å². The predicted octanol–water partition coefficient (Wildman–Crippen LogP) is 3.77. The molecule has 5 heteroatoms. The standard InChI is InChI=1S/C15H13N3O2/c1-18(2)14-9-7-13(8-10-14)17-16-12-5-3-11(4-6-12)15(19)20/h3-10H,1H2,2H3/p+1. The summed E-state index contributed by atoms with van der Waals surface area (Å²) in [5, 5.41) is 16.9. The van der Waals surface area contributed by atoms with E-state index in [1.807, 2.05) is 31.3 Å². The lowest BCUT2D eigenvalue weighted by Crippen LogP contribution is -1.93. The van der Waals surface area contributed by atoms with E-state index in [1.54, 1.807) is 16.7 Å². The van der Waals surface area contributed by atoms with Gasteiger partial charge in [0.05, 0.1) is 16.9 Å². The van der Waals surface area contributed by atoms with Gasteiger partial charge in [-0.1, -0.05) is 0 Å². The van der Waals surface area contributed by atoms with Gasteiger partial charge in [0, 0.05) is 12.1 Å². The average Bonchev–Trinajstić information content (AvgIpc) is 2.46. The summed E-state index contributed by atoms with van der Waals surface area (Å²) in [5.74, 6) is -0.957. The van der Waals surface area contributed by atoms with Crippen molar-refractivity contribution in [3.05, 3.63) is 54.1 Å². The SMILES string of the molecule is C=[N+](C)c1ccc(N=Nc2ccc(C(=O)O)cc2)cc1. The first-order chi connectivity index (χ1) is 9.56. The van der Waals surface area contributed by atoms with Gasteiger partial charge in [-0.05, 0) is 36.4 Å². The fraction of sp³-hybridized carbons (Fsp3) is 0.0667. The summed E-state index contributed by atoms with van der Waals surface area (Å²) in [6.07, 6.45) is 0. The third kappa shape index (κ3) is 3.35. The summed E-state index contributed by atoms with van der Waals surface area (Å²) in [7, 11) is 1.86. The fourth-order valence-corrected chi connectivity index (χ4v) is 1.56. The van der Waals surface area contributed by atoms with E-state index in [0.717, 1.165) is 11.4 Å². The zero-order valence-electron chi connectivity index (χ0n) is 11.0. The average molecular weight is 268 g/mol. The summed E-state index contributed by atoms with van der Waals surface area (Å²) in [6.45, 7) is 3.79. The van der Waals surface area contributed by atoms with Crippen LogP contribution in [-0.2, 0) is 0 Å². The lowest BCUT2D eigenvalue weighted by atomic mass is 10.2. The summed E-state index contributed by atoms with van der Waals surface area (Å²) in [4.78, 5) is 10.7. The van der Waals surface area contributed by atoms with Crippen molar-refractivity contribution in [2.24, 2.45) is 10.2 Å². The highest BCUT2D eigenvalue weighted by Crippen LogP contribution is 2.21. The van der Waals surface area contributed by atoms with Crippen molar-refractivity contribution in [1.82, 2.24) is 0 Å². The molecule has 2 aromatic carbocycles. The molecule has 0 aliphatic heterocycles. The smallest absolute Gasteiger partial charge is 0.335 e. The van der Waals surface area contributed by atoms with E-state index in [4.69, 9.17) is 5.11 Å². The highest BCUT2D eigenvalue weighted by Gasteiger charge is 2.01. The fourth-order valence-electron chi connectivity index (χ4n) is 1.56. The maximum Gasteiger partial charge on any atom is 0.335 e. The largest absolute Gasteiger partial charge is 0.478 e. The number of carboxylic acid groups (broad SMARTS) is 1. The van der Waals surface area contributed by atoms with Crippen LogP contribution in [0.1, 0.15) is 10.4 Å². The molecule has 0 heterocycles. The van der Waals surface area contributed by atoms with Crippen molar-refractivity contribution in [2.45, 2.75) is 0 Å². The van der Waals surface area contributed by atoms with Crippen LogP contribution < -0.4 is 0 Å². The number of rotatable bonds is 4. The number of carbonyl (C=O) groups is 1. The first kappa shape index (κ1) is 13.6. The van der Waals surface area contributed by atoms with Gasteiger partial charge in [-0.3, -0.25) is 0 Å². The lowest BCUT2D eigenvalue weighted by molar-refractivity contribution is -0.394. The van der Waals surface area contributed by atoms with Crippen LogP contribution in [0.3, 0.4) is 0 Å². The van der Waals surface area contributed by atoms with Crippen LogP contribution in [0.4, 0.5) is 17.1 Å². The molecular weight excluding hydrogens is 254 g/mol. The minimum atomic E-state index is -0.957. The van der Waals surface area contributed by atoms with E-state index in [2.05, 4.69) is 16.9 Å². The molecule has 0 spiro atoms. The maximum absolute atomic E-state index is 10.7. The molecular formula is C15H14N3O2+. The summed E-state index contributed by atoms with van der Waals surface area (Å²) in [5.41, 5.74) is 2.54. The number of benzene rings is 2. The van der Waals surface area contributed by atoms with Gasteiger partial charge in [0.2, 0.25) is 5.69 Å². The molecule has 0 saturated carbocycles. The Morgan fingerprint density at radius 3 is 1.85 bits per heavy atom. The van der Waals surface area contributed by atoms with Crippen LogP contribution in [0.2, 0.25) is 0 Å². The van der Waals surface area contributed by atoms with E-state index in [1.165, 1.54) is 12.1 Å². The van der Waals surface area contributed by atoms with Crippen LogP contribution >= 0.6 is 0 Å². The molecule has 2 aromatic rings. The molecule has 0 saturated heterocycles. The van der Waals surface area contributed by atoms with Gasteiger partial charge in [-0.2, -0.15) is 10.2 Å². The molecule has 1 N–H and O–H groups in total. The Hall–Kier alpha value is -2.82. The Balaban J connectivity index is 2.12. The molecule has 0 aliphatic rings. The molecule has 0 atom stereocenters. The molecule has 0 fully saturated rings. The van der Waals surface area contributed by atoms with Crippen molar-refractivity contribution < 1.29 is 14.5 Å². The van der Waals surface area contributed by atoms with E-state index >= 15 is 0 Å². The summed E-state index contributed by atoms with van der Waals surface area (Å²) in [6, 6.07) is 13.7. The molecule has 20 heavy (non-hydrogen) atoms. The Bertz CT molecular complexity index is 599. The van der Waals surface area contributed by atoms with Gasteiger partial charge < -0.3 is 5.11 Å². The number of hydrogen-bond donors (Lipinski definition) is 1. The maximum atomic E-state index is 10.7. The zero-order chi connectivity index (χ0) is 14.5. The Morgan fingerprint density at radius 1 is 1.00 bits per heavy atom. The third-order valence-electron chi connectivity index (χ3n) is 2.69. The molecule has 0 aliphatic carbocycles. The van der Waals surface area contributed by atoms with Gasteiger partial charge in [-0.15, -0.1) is 0 Å². The Morgan fingerprint density at radius 2 is 1.45 bits per heavy atom. The van der Waals surface area contributed by atoms with Gasteiger partial charge in [-0.25, -0.2) is 9.37 Å². The highest BCUT2D eigenvalue weighted by atomic mass is 16.4. The van der Waals surface area contributed by atoms with Crippen molar-refractivity contribution in [1.29, 1.82) is 0 Å². The lowest BCUT2D eigenvalue weighted by Gasteiger charge is -1.96. The molecule has 5 nitrogen and oxygen atoms in total. The molecule has 0 radical (unpaired) electrons. The molecule has 2 rings (SSSR count). The number of aromatic carboxylic acids is 1. The first-order valence-electron chi connectivity index (χ1n) is 5.95. The third-order valence-corrected chi connectivity index (χ3v) is 2.69. The van der Waals surface area contributed by atoms with Crippen LogP contribution in [-0.4, -0.2) is 29.4 Å². The minimum absolute atomic E-state index is 0.229. The molecule has 0 bridgehead atoms. The monoisotopic (exact) mass is 268 g/mol. The van der Waals surface area contributed by atoms with Crippen LogP contribution in [0, 0.1) is 0 Å². The van der Waals surface area contributed by atoms with Crippen LogP contribution in [0.5, 0.6) is 0 Å². The Labute approximate surface area is 116 Å². The quantitative estimate of drug-likeness (QED) is 0.521. The van der Waals surface area contributed by atoms with E-state index in [9.17, 15) is 4.79 Å². The summed E-state index contributed by atoms with van der Waals surface area (Å²) < 4.78 is 1.76. The molecule has 0 amide bonds. The van der Waals surface area contributed by atoms with Crippen molar-refractivity contribution >= 4 is 29.7 Å². The first-order valence-corrected chi connectivity index (χ1v) is 5.95. The van der Waals surface area contributed by atoms with E-state index in [0.29, 0.717) is 5.69 Å². The molecule has 0 aromatic heterocycles. The van der Waals surface area contributed by atoms with Gasteiger partial charge in [0.15, 0.2) is 0 Å². The normalized spacial score (nSPS) is 10.7. The second-order valence-corrected chi connectivity index (χ2v) is 4.27. The Kier molecular flexibility index (Phi) is 4.00. The second kappa shape index (κ2) is 5.88. The zero-order valence-corrected chi connectivity index (χ0v) is 11.0. The number of hydrogen-bond acceptors (Lipinski definition) is 3. The predicted molar refractivity (Wildman–Crippen MR) is 77.0 cm³/mol. The van der Waals surface area contributed by atoms with Gasteiger partial charge in [0.25, 0.3) is 0 Å². The molecule has 100 valence electrons. The number of nitrogens with zero attached hydrogens (tertiary/aromatic N) is 3. The van der Waals surface area contributed by atoms with E-state index in [-0.39, 0.29) is 5.56 Å². The molecule has 0 unspecified atom stereocenters. The number of carboxylic acids is 1. The summed E-state index contributed by atoms with van der Waals surface area (Å²) >= 11 is 0. The minimum Gasteiger partial charge on any atom is -0.478 e. The topological polar surface area (TPSA) is 65.0 Å². The second-order valence-electron chi connectivity index (χ2n) is 4.27.